The van der Waals surface area contributed by atoms with E-state index in [0.29, 0.717) is 26.2 Å². The van der Waals surface area contributed by atoms with Gasteiger partial charge in [-0.3, -0.25) is 4.90 Å². The third-order valence-electron chi connectivity index (χ3n) is 2.95. The maximum atomic E-state index is 12.0. The Morgan fingerprint density at radius 2 is 2.06 bits per heavy atom. The highest BCUT2D eigenvalue weighted by Crippen LogP contribution is 2.12. The highest BCUT2D eigenvalue weighted by molar-refractivity contribution is 7.89. The van der Waals surface area contributed by atoms with Gasteiger partial charge in [0.15, 0.2) is 5.25 Å². The van der Waals surface area contributed by atoms with E-state index in [4.69, 9.17) is 10.4 Å². The first-order valence-corrected chi connectivity index (χ1v) is 7.24. The SMILES string of the molecule is CC(C#N)S(=O)(=O)N1CCCN(CCO)CC1. The van der Waals surface area contributed by atoms with Gasteiger partial charge in [0.05, 0.1) is 12.7 Å². The lowest BCUT2D eigenvalue weighted by Crippen LogP contribution is -2.39. The molecular weight excluding hydrogens is 242 g/mol. The Kier molecular flexibility index (Phi) is 5.33. The molecule has 6 nitrogen and oxygen atoms in total. The van der Waals surface area contributed by atoms with Crippen molar-refractivity contribution in [3.8, 4) is 6.07 Å². The van der Waals surface area contributed by atoms with Crippen LogP contribution in [0.2, 0.25) is 0 Å². The molecule has 1 N–H and O–H groups in total. The van der Waals surface area contributed by atoms with Crippen molar-refractivity contribution in [2.24, 2.45) is 0 Å². The number of β-amino-alcohol motifs (C(OH)–C–C–N with tert-alkyl or cyclic N) is 1. The number of aliphatic hydroxyl groups excluding tert-OH is 1. The molecule has 0 amide bonds. The quantitative estimate of drug-likeness (QED) is 0.718. The molecule has 98 valence electrons. The minimum absolute atomic E-state index is 0.0847. The fourth-order valence-corrected chi connectivity index (χ4v) is 3.16. The highest BCUT2D eigenvalue weighted by atomic mass is 32.2. The van der Waals surface area contributed by atoms with Crippen molar-refractivity contribution >= 4 is 10.0 Å². The van der Waals surface area contributed by atoms with Crippen molar-refractivity contribution in [3.63, 3.8) is 0 Å². The van der Waals surface area contributed by atoms with Gasteiger partial charge in [-0.2, -0.15) is 9.57 Å². The van der Waals surface area contributed by atoms with E-state index < -0.39 is 15.3 Å². The van der Waals surface area contributed by atoms with Gasteiger partial charge < -0.3 is 5.11 Å². The number of sulfonamides is 1. The largest absolute Gasteiger partial charge is 0.395 e. The summed E-state index contributed by atoms with van der Waals surface area (Å²) in [6, 6.07) is 1.78. The molecule has 7 heteroatoms. The van der Waals surface area contributed by atoms with E-state index in [9.17, 15) is 8.42 Å². The third kappa shape index (κ3) is 3.64. The Bertz CT molecular complexity index is 377. The predicted octanol–water partition coefficient (Wildman–Crippen LogP) is -0.772. The molecule has 1 saturated heterocycles. The monoisotopic (exact) mass is 261 g/mol. The number of nitriles is 1. The number of aliphatic hydroxyl groups is 1. The molecule has 0 aromatic rings. The first kappa shape index (κ1) is 14.4. The molecule has 0 saturated carbocycles. The third-order valence-corrected chi connectivity index (χ3v) is 5.04. The molecule has 0 aromatic carbocycles. The summed E-state index contributed by atoms with van der Waals surface area (Å²) in [6.45, 7) is 4.31. The second kappa shape index (κ2) is 6.31. The van der Waals surface area contributed by atoms with Crippen LogP contribution in [0, 0.1) is 11.3 Å². The number of hydrogen-bond acceptors (Lipinski definition) is 5. The van der Waals surface area contributed by atoms with Gasteiger partial charge in [-0.05, 0) is 19.9 Å². The van der Waals surface area contributed by atoms with Crippen molar-refractivity contribution in [2.75, 3.05) is 39.3 Å². The Morgan fingerprint density at radius 1 is 1.35 bits per heavy atom. The summed E-state index contributed by atoms with van der Waals surface area (Å²) in [5, 5.41) is 16.6. The first-order chi connectivity index (χ1) is 8.02. The van der Waals surface area contributed by atoms with Crippen molar-refractivity contribution in [1.29, 1.82) is 5.26 Å². The minimum atomic E-state index is -3.49. The Labute approximate surface area is 102 Å². The molecule has 0 bridgehead atoms. The number of nitrogens with zero attached hydrogens (tertiary/aromatic N) is 3. The molecule has 0 aromatic heterocycles. The molecule has 0 radical (unpaired) electrons. The molecule has 1 atom stereocenters. The average Bonchev–Trinajstić information content (AvgIpc) is 2.54. The van der Waals surface area contributed by atoms with Crippen LogP contribution in [0.25, 0.3) is 0 Å². The fraction of sp³-hybridized carbons (Fsp3) is 0.900. The van der Waals surface area contributed by atoms with E-state index in [-0.39, 0.29) is 6.61 Å². The standard InChI is InChI=1S/C10H19N3O3S/c1-10(9-11)17(15,16)13-4-2-3-12(5-6-13)7-8-14/h10,14H,2-8H2,1H3. The maximum absolute atomic E-state index is 12.0. The van der Waals surface area contributed by atoms with Gasteiger partial charge in [0, 0.05) is 26.2 Å². The summed E-state index contributed by atoms with van der Waals surface area (Å²) in [6.07, 6.45) is 0.734. The van der Waals surface area contributed by atoms with Crippen molar-refractivity contribution < 1.29 is 13.5 Å². The summed E-state index contributed by atoms with van der Waals surface area (Å²) < 4.78 is 25.3. The van der Waals surface area contributed by atoms with Crippen LogP contribution < -0.4 is 0 Å². The number of rotatable bonds is 4. The maximum Gasteiger partial charge on any atom is 0.230 e. The van der Waals surface area contributed by atoms with Crippen LogP contribution in [-0.2, 0) is 10.0 Å². The van der Waals surface area contributed by atoms with E-state index in [1.54, 1.807) is 6.07 Å². The second-order valence-corrected chi connectivity index (χ2v) is 6.39. The van der Waals surface area contributed by atoms with Crippen molar-refractivity contribution in [2.45, 2.75) is 18.6 Å². The zero-order chi connectivity index (χ0) is 12.9. The first-order valence-electron chi connectivity index (χ1n) is 5.74. The lowest BCUT2D eigenvalue weighted by molar-refractivity contribution is 0.202. The highest BCUT2D eigenvalue weighted by Gasteiger charge is 2.30. The molecule has 1 rings (SSSR count). The molecule has 1 fully saturated rings. The summed E-state index contributed by atoms with van der Waals surface area (Å²) in [5.74, 6) is 0. The predicted molar refractivity (Wildman–Crippen MR) is 63.7 cm³/mol. The molecule has 1 aliphatic heterocycles. The molecule has 1 unspecified atom stereocenters. The second-order valence-electron chi connectivity index (χ2n) is 4.13. The molecule has 0 aliphatic carbocycles. The Morgan fingerprint density at radius 3 is 2.65 bits per heavy atom. The molecular formula is C10H19N3O3S. The van der Waals surface area contributed by atoms with Crippen LogP contribution in [0.4, 0.5) is 0 Å². The Balaban J connectivity index is 2.66. The molecule has 1 heterocycles. The zero-order valence-electron chi connectivity index (χ0n) is 10.0. The molecule has 1 aliphatic rings. The van der Waals surface area contributed by atoms with E-state index in [1.807, 2.05) is 4.90 Å². The Hall–Kier alpha value is -0.680. The molecule has 17 heavy (non-hydrogen) atoms. The topological polar surface area (TPSA) is 84.6 Å². The zero-order valence-corrected chi connectivity index (χ0v) is 10.9. The van der Waals surface area contributed by atoms with Crippen LogP contribution in [0.1, 0.15) is 13.3 Å². The smallest absolute Gasteiger partial charge is 0.230 e. The van der Waals surface area contributed by atoms with Gasteiger partial charge in [-0.1, -0.05) is 0 Å². The lowest BCUT2D eigenvalue weighted by Gasteiger charge is -2.22. The van der Waals surface area contributed by atoms with Gasteiger partial charge in [0.2, 0.25) is 10.0 Å². The van der Waals surface area contributed by atoms with E-state index in [2.05, 4.69) is 0 Å². The van der Waals surface area contributed by atoms with Gasteiger partial charge in [0.1, 0.15) is 0 Å². The van der Waals surface area contributed by atoms with Gasteiger partial charge in [0.25, 0.3) is 0 Å². The summed E-state index contributed by atoms with van der Waals surface area (Å²) in [4.78, 5) is 2.03. The van der Waals surface area contributed by atoms with Gasteiger partial charge in [-0.25, -0.2) is 8.42 Å². The van der Waals surface area contributed by atoms with Crippen molar-refractivity contribution in [1.82, 2.24) is 9.21 Å². The van der Waals surface area contributed by atoms with Crippen LogP contribution in [0.15, 0.2) is 0 Å². The average molecular weight is 261 g/mol. The summed E-state index contributed by atoms with van der Waals surface area (Å²) in [7, 11) is -3.49. The van der Waals surface area contributed by atoms with Gasteiger partial charge >= 0.3 is 0 Å². The minimum Gasteiger partial charge on any atom is -0.395 e. The van der Waals surface area contributed by atoms with Crippen LogP contribution in [0.5, 0.6) is 0 Å². The van der Waals surface area contributed by atoms with Gasteiger partial charge in [-0.15, -0.1) is 0 Å². The normalized spacial score (nSPS) is 21.7. The number of hydrogen-bond donors (Lipinski definition) is 1. The summed E-state index contributed by atoms with van der Waals surface area (Å²) >= 11 is 0. The molecule has 0 spiro atoms. The van der Waals surface area contributed by atoms with E-state index in [0.717, 1.165) is 13.0 Å². The van der Waals surface area contributed by atoms with Crippen LogP contribution in [-0.4, -0.2) is 67.3 Å². The van der Waals surface area contributed by atoms with E-state index >= 15 is 0 Å². The van der Waals surface area contributed by atoms with E-state index in [1.165, 1.54) is 11.2 Å². The van der Waals surface area contributed by atoms with Crippen LogP contribution in [0.3, 0.4) is 0 Å². The summed E-state index contributed by atoms with van der Waals surface area (Å²) in [5.41, 5.74) is 0. The lowest BCUT2D eigenvalue weighted by atomic mass is 10.4. The van der Waals surface area contributed by atoms with Crippen LogP contribution >= 0.6 is 0 Å². The fourth-order valence-electron chi connectivity index (χ4n) is 1.86. The van der Waals surface area contributed by atoms with Crippen molar-refractivity contribution in [3.05, 3.63) is 0 Å².